The second kappa shape index (κ2) is 5.27. The summed E-state index contributed by atoms with van der Waals surface area (Å²) >= 11 is 1.92. The maximum Gasteiger partial charge on any atom is 0.190 e. The van der Waals surface area contributed by atoms with Crippen LogP contribution in [0.25, 0.3) is 0 Å². The van der Waals surface area contributed by atoms with Crippen molar-refractivity contribution in [1.29, 1.82) is 0 Å². The van der Waals surface area contributed by atoms with E-state index in [9.17, 15) is 4.39 Å². The van der Waals surface area contributed by atoms with Crippen LogP contribution in [0.3, 0.4) is 0 Å². The third kappa shape index (κ3) is 4.63. The number of likely N-dealkylation sites (N-methyl/N-ethyl adjacent to an activating group) is 2. The molecular weight excluding hydrogens is 320 g/mol. The van der Waals surface area contributed by atoms with Gasteiger partial charge >= 0.3 is 0 Å². The molecule has 0 saturated carbocycles. The van der Waals surface area contributed by atoms with E-state index in [1.165, 1.54) is 0 Å². The van der Waals surface area contributed by atoms with Gasteiger partial charge in [0.2, 0.25) is 0 Å². The van der Waals surface area contributed by atoms with Crippen LogP contribution in [0.2, 0.25) is 0 Å². The van der Waals surface area contributed by atoms with Crippen LogP contribution in [0, 0.1) is 0 Å². The lowest BCUT2D eigenvalue weighted by molar-refractivity contribution is -0.877. The minimum atomic E-state index is -1.12. The molecule has 3 nitrogen and oxygen atoms in total. The standard InChI is InChI=1S/C11H23FIN3/c1-15(7-8-16(2,3)4)9-10-11(12,13)5-6-14-10/h9-10,14H,5-8H2,1-4H3/q+2/t10?,11-/m1/s1. The summed E-state index contributed by atoms with van der Waals surface area (Å²) in [6.07, 6.45) is 2.58. The summed E-state index contributed by atoms with van der Waals surface area (Å²) in [4.78, 5) is 0. The Balaban J connectivity index is 2.50. The molecule has 16 heavy (non-hydrogen) atoms. The lowest BCUT2D eigenvalue weighted by Gasteiger charge is -2.22. The minimum Gasteiger partial charge on any atom is -0.326 e. The van der Waals surface area contributed by atoms with Crippen LogP contribution >= 0.6 is 22.6 Å². The first-order valence-corrected chi connectivity index (χ1v) is 6.75. The molecule has 1 fully saturated rings. The van der Waals surface area contributed by atoms with E-state index in [1.54, 1.807) is 0 Å². The number of alkyl halides is 2. The van der Waals surface area contributed by atoms with Crippen molar-refractivity contribution in [3.05, 3.63) is 0 Å². The van der Waals surface area contributed by atoms with Crippen LogP contribution in [0.4, 0.5) is 4.39 Å². The molecule has 1 heterocycles. The fourth-order valence-corrected chi connectivity index (χ4v) is 2.30. The van der Waals surface area contributed by atoms with Crippen LogP contribution in [-0.2, 0) is 0 Å². The van der Waals surface area contributed by atoms with Gasteiger partial charge in [-0.3, -0.25) is 0 Å². The zero-order valence-electron chi connectivity index (χ0n) is 10.6. The van der Waals surface area contributed by atoms with Crippen molar-refractivity contribution < 1.29 is 13.4 Å². The van der Waals surface area contributed by atoms with E-state index in [1.807, 2.05) is 35.9 Å². The van der Waals surface area contributed by atoms with Gasteiger partial charge in [0.05, 0.1) is 21.1 Å². The van der Waals surface area contributed by atoms with E-state index in [2.05, 4.69) is 31.0 Å². The summed E-state index contributed by atoms with van der Waals surface area (Å²) < 4.78 is 15.9. The summed E-state index contributed by atoms with van der Waals surface area (Å²) in [5, 5.41) is 3.19. The number of hydrogen-bond donors (Lipinski definition) is 1. The van der Waals surface area contributed by atoms with Gasteiger partial charge in [-0.2, -0.15) is 0 Å². The summed E-state index contributed by atoms with van der Waals surface area (Å²) in [5.41, 5.74) is 0. The molecule has 1 rings (SSSR count). The van der Waals surface area contributed by atoms with Crippen molar-refractivity contribution in [2.24, 2.45) is 0 Å². The second-order valence-corrected chi connectivity index (χ2v) is 7.38. The highest BCUT2D eigenvalue weighted by atomic mass is 127. The highest BCUT2D eigenvalue weighted by Crippen LogP contribution is 2.32. The maximum atomic E-state index is 14.0. The van der Waals surface area contributed by atoms with E-state index in [0.717, 1.165) is 24.1 Å². The zero-order valence-corrected chi connectivity index (χ0v) is 12.8. The predicted octanol–water partition coefficient (Wildman–Crippen LogP) is 0.868. The zero-order chi connectivity index (χ0) is 12.4. The highest BCUT2D eigenvalue weighted by Gasteiger charge is 2.42. The van der Waals surface area contributed by atoms with Crippen molar-refractivity contribution in [2.75, 3.05) is 47.8 Å². The maximum absolute atomic E-state index is 14.0. The van der Waals surface area contributed by atoms with Crippen LogP contribution in [0.5, 0.6) is 0 Å². The Morgan fingerprint density at radius 1 is 1.56 bits per heavy atom. The summed E-state index contributed by atoms with van der Waals surface area (Å²) in [5.74, 6) is 0. The van der Waals surface area contributed by atoms with Crippen molar-refractivity contribution in [1.82, 2.24) is 5.32 Å². The summed E-state index contributed by atoms with van der Waals surface area (Å²) in [6.45, 7) is 2.78. The molecule has 1 aliphatic heterocycles. The van der Waals surface area contributed by atoms with E-state index in [-0.39, 0.29) is 6.04 Å². The van der Waals surface area contributed by atoms with Gasteiger partial charge in [0.25, 0.3) is 0 Å². The SMILES string of the molecule is C[N+](=CC1NCC[C@@]1(F)I)CC[N+](C)(C)C. The quantitative estimate of drug-likeness (QED) is 0.263. The topological polar surface area (TPSA) is 15.0 Å². The molecule has 0 aromatic rings. The van der Waals surface area contributed by atoms with E-state index >= 15 is 0 Å². The molecule has 1 aliphatic rings. The number of rotatable bonds is 4. The van der Waals surface area contributed by atoms with Crippen molar-refractivity contribution in [2.45, 2.75) is 16.1 Å². The van der Waals surface area contributed by atoms with Crippen molar-refractivity contribution in [3.8, 4) is 0 Å². The van der Waals surface area contributed by atoms with E-state index in [0.29, 0.717) is 6.42 Å². The molecule has 0 aromatic carbocycles. The Hall–Kier alpha value is 0.250. The molecule has 0 bridgehead atoms. The summed E-state index contributed by atoms with van der Waals surface area (Å²) in [6, 6.07) is -0.148. The van der Waals surface area contributed by atoms with Crippen molar-refractivity contribution >= 4 is 28.8 Å². The van der Waals surface area contributed by atoms with Crippen LogP contribution in [0.15, 0.2) is 0 Å². The van der Waals surface area contributed by atoms with Crippen LogP contribution in [-0.4, -0.2) is 72.8 Å². The smallest absolute Gasteiger partial charge is 0.190 e. The van der Waals surface area contributed by atoms with Gasteiger partial charge in [-0.25, -0.2) is 8.97 Å². The molecule has 0 aliphatic carbocycles. The highest BCUT2D eigenvalue weighted by molar-refractivity contribution is 14.1. The fourth-order valence-electron chi connectivity index (χ4n) is 1.65. The third-order valence-electron chi connectivity index (χ3n) is 2.80. The Labute approximate surface area is 111 Å². The van der Waals surface area contributed by atoms with Gasteiger partial charge in [0.15, 0.2) is 16.4 Å². The monoisotopic (exact) mass is 343 g/mol. The van der Waals surface area contributed by atoms with Gasteiger partial charge < -0.3 is 9.80 Å². The first-order chi connectivity index (χ1) is 7.21. The fraction of sp³-hybridized carbons (Fsp3) is 0.909. The second-order valence-electron chi connectivity index (χ2n) is 5.59. The Morgan fingerprint density at radius 3 is 2.62 bits per heavy atom. The number of quaternary nitrogens is 1. The number of halogens is 2. The normalized spacial score (nSPS) is 32.1. The average molecular weight is 343 g/mol. The van der Waals surface area contributed by atoms with Crippen molar-refractivity contribution in [3.63, 3.8) is 0 Å². The van der Waals surface area contributed by atoms with Crippen LogP contribution in [0.1, 0.15) is 6.42 Å². The Bertz CT molecular complexity index is 271. The molecule has 0 radical (unpaired) electrons. The molecule has 1 saturated heterocycles. The number of nitrogens with zero attached hydrogens (tertiary/aromatic N) is 2. The Kier molecular flexibility index (Phi) is 4.71. The lowest BCUT2D eigenvalue weighted by atomic mass is 10.2. The number of nitrogens with one attached hydrogen (secondary N) is 1. The van der Waals surface area contributed by atoms with E-state index in [4.69, 9.17) is 0 Å². The third-order valence-corrected chi connectivity index (χ3v) is 4.02. The van der Waals surface area contributed by atoms with Gasteiger partial charge in [-0.05, 0) is 29.1 Å². The van der Waals surface area contributed by atoms with E-state index < -0.39 is 3.68 Å². The van der Waals surface area contributed by atoms with Gasteiger partial charge in [0, 0.05) is 6.42 Å². The number of hydrogen-bond acceptors (Lipinski definition) is 1. The predicted molar refractivity (Wildman–Crippen MR) is 74.3 cm³/mol. The molecule has 0 aromatic heterocycles. The molecule has 5 heteroatoms. The molecular formula is C11H23FIN3+2. The van der Waals surface area contributed by atoms with Gasteiger partial charge in [-0.15, -0.1) is 0 Å². The molecule has 0 spiro atoms. The molecule has 2 atom stereocenters. The van der Waals surface area contributed by atoms with Crippen LogP contribution < -0.4 is 5.32 Å². The summed E-state index contributed by atoms with van der Waals surface area (Å²) in [7, 11) is 8.51. The minimum absolute atomic E-state index is 0.148. The molecule has 0 amide bonds. The molecule has 1 unspecified atom stereocenters. The average Bonchev–Trinajstić information content (AvgIpc) is 2.42. The van der Waals surface area contributed by atoms with Gasteiger partial charge in [0.1, 0.15) is 19.6 Å². The molecule has 94 valence electrons. The Morgan fingerprint density at radius 2 is 2.19 bits per heavy atom. The molecule has 1 N–H and O–H groups in total. The lowest BCUT2D eigenvalue weighted by Crippen LogP contribution is -2.42. The first kappa shape index (κ1) is 14.3. The first-order valence-electron chi connectivity index (χ1n) is 5.68. The van der Waals surface area contributed by atoms with Gasteiger partial charge in [-0.1, -0.05) is 0 Å². The largest absolute Gasteiger partial charge is 0.326 e.